The normalized spacial score (nSPS) is 16.0. The third-order valence-electron chi connectivity index (χ3n) is 4.74. The Morgan fingerprint density at radius 1 is 1.14 bits per heavy atom. The third kappa shape index (κ3) is 4.36. The molecule has 1 aliphatic rings. The molecule has 0 bridgehead atoms. The zero-order chi connectivity index (χ0) is 20.1. The predicted molar refractivity (Wildman–Crippen MR) is 107 cm³/mol. The summed E-state index contributed by atoms with van der Waals surface area (Å²) in [5.74, 6) is 1.12. The molecular weight excluding hydrogens is 358 g/mol. The number of hydrogen-bond acceptors (Lipinski definition) is 4. The monoisotopic (exact) mass is 383 g/mol. The van der Waals surface area contributed by atoms with Crippen LogP contribution in [0.2, 0.25) is 0 Å². The molecule has 0 aromatic heterocycles. The Balaban J connectivity index is 1.62. The lowest BCUT2D eigenvalue weighted by Crippen LogP contribution is -2.43. The molecule has 1 unspecified atom stereocenters. The van der Waals surface area contributed by atoms with Gasteiger partial charge in [0.15, 0.2) is 11.5 Å². The van der Waals surface area contributed by atoms with Gasteiger partial charge >= 0.3 is 6.03 Å². The van der Waals surface area contributed by atoms with Crippen molar-refractivity contribution >= 4 is 17.6 Å². The Kier molecular flexibility index (Phi) is 6.03. The second-order valence-electron chi connectivity index (χ2n) is 6.74. The van der Waals surface area contributed by atoms with Crippen molar-refractivity contribution in [1.29, 1.82) is 0 Å². The van der Waals surface area contributed by atoms with Crippen molar-refractivity contribution in [3.8, 4) is 11.5 Å². The summed E-state index contributed by atoms with van der Waals surface area (Å²) in [4.78, 5) is 28.2. The van der Waals surface area contributed by atoms with Crippen LogP contribution in [0.15, 0.2) is 48.5 Å². The van der Waals surface area contributed by atoms with Gasteiger partial charge in [-0.05, 0) is 17.7 Å². The summed E-state index contributed by atoms with van der Waals surface area (Å²) < 4.78 is 10.6. The lowest BCUT2D eigenvalue weighted by atomic mass is 10.2. The van der Waals surface area contributed by atoms with Gasteiger partial charge in [0.25, 0.3) is 0 Å². The van der Waals surface area contributed by atoms with Crippen LogP contribution in [0, 0.1) is 0 Å². The van der Waals surface area contributed by atoms with Crippen molar-refractivity contribution in [2.24, 2.45) is 0 Å². The van der Waals surface area contributed by atoms with Gasteiger partial charge in [-0.2, -0.15) is 0 Å². The number of hydrogen-bond donors (Lipinski definition) is 1. The minimum Gasteiger partial charge on any atom is -0.493 e. The van der Waals surface area contributed by atoms with Gasteiger partial charge in [-0.15, -0.1) is 0 Å². The van der Waals surface area contributed by atoms with E-state index in [1.54, 1.807) is 43.2 Å². The highest BCUT2D eigenvalue weighted by Gasteiger charge is 2.32. The molecule has 1 atom stereocenters. The lowest BCUT2D eigenvalue weighted by molar-refractivity contribution is -0.117. The molecule has 1 N–H and O–H groups in total. The lowest BCUT2D eigenvalue weighted by Gasteiger charge is -2.22. The first-order valence-corrected chi connectivity index (χ1v) is 9.09. The van der Waals surface area contributed by atoms with Crippen molar-refractivity contribution in [1.82, 2.24) is 10.2 Å². The Morgan fingerprint density at radius 2 is 1.86 bits per heavy atom. The fraction of sp³-hybridized carbons (Fsp3) is 0.333. The fourth-order valence-electron chi connectivity index (χ4n) is 3.26. The van der Waals surface area contributed by atoms with E-state index in [1.165, 1.54) is 0 Å². The average Bonchev–Trinajstić information content (AvgIpc) is 3.08. The Labute approximate surface area is 164 Å². The first kappa shape index (κ1) is 19.5. The van der Waals surface area contributed by atoms with Crippen molar-refractivity contribution in [3.05, 3.63) is 54.1 Å². The van der Waals surface area contributed by atoms with Crippen LogP contribution in [0.5, 0.6) is 11.5 Å². The number of benzene rings is 2. The summed E-state index contributed by atoms with van der Waals surface area (Å²) in [5, 5.41) is 2.95. The van der Waals surface area contributed by atoms with Crippen molar-refractivity contribution in [3.63, 3.8) is 0 Å². The molecule has 3 amide bonds. The van der Waals surface area contributed by atoms with Gasteiger partial charge in [0.05, 0.1) is 20.3 Å². The van der Waals surface area contributed by atoms with E-state index in [9.17, 15) is 9.59 Å². The smallest absolute Gasteiger partial charge is 0.317 e. The van der Waals surface area contributed by atoms with Gasteiger partial charge in [-0.3, -0.25) is 4.79 Å². The average molecular weight is 383 g/mol. The minimum atomic E-state index is -0.244. The predicted octanol–water partition coefficient (Wildman–Crippen LogP) is 2.65. The second-order valence-corrected chi connectivity index (χ2v) is 6.74. The molecule has 0 aliphatic carbocycles. The number of ether oxygens (including phenoxy) is 2. The molecule has 28 heavy (non-hydrogen) atoms. The highest BCUT2D eigenvalue weighted by Crippen LogP contribution is 2.33. The summed E-state index contributed by atoms with van der Waals surface area (Å²) in [6, 6.07) is 14.7. The largest absolute Gasteiger partial charge is 0.493 e. The van der Waals surface area contributed by atoms with E-state index in [0.717, 1.165) is 11.3 Å². The number of methoxy groups -OCH3 is 2. The number of anilines is 1. The molecule has 0 saturated carbocycles. The van der Waals surface area contributed by atoms with Gasteiger partial charge in [0.1, 0.15) is 0 Å². The van der Waals surface area contributed by atoms with Crippen LogP contribution in [-0.2, 0) is 11.3 Å². The number of nitrogens with one attached hydrogen (secondary N) is 1. The fourth-order valence-corrected chi connectivity index (χ4v) is 3.26. The van der Waals surface area contributed by atoms with Crippen LogP contribution in [-0.4, -0.2) is 50.7 Å². The van der Waals surface area contributed by atoms with Crippen molar-refractivity contribution in [2.75, 3.05) is 32.7 Å². The van der Waals surface area contributed by atoms with E-state index in [2.05, 4.69) is 5.32 Å². The third-order valence-corrected chi connectivity index (χ3v) is 4.74. The summed E-state index contributed by atoms with van der Waals surface area (Å²) in [6.45, 7) is 0.923. The van der Waals surface area contributed by atoms with Gasteiger partial charge in [-0.1, -0.05) is 30.3 Å². The van der Waals surface area contributed by atoms with E-state index < -0.39 is 0 Å². The van der Waals surface area contributed by atoms with Crippen LogP contribution in [0.4, 0.5) is 10.5 Å². The molecule has 0 radical (unpaired) electrons. The number of urea groups is 1. The summed E-state index contributed by atoms with van der Waals surface area (Å²) in [5.41, 5.74) is 1.77. The molecule has 7 nitrogen and oxygen atoms in total. The highest BCUT2D eigenvalue weighted by atomic mass is 16.5. The van der Waals surface area contributed by atoms with Crippen LogP contribution in [0.1, 0.15) is 12.0 Å². The number of amides is 3. The number of carbonyl (C=O) groups excluding carboxylic acids is 2. The van der Waals surface area contributed by atoms with E-state index in [4.69, 9.17) is 9.47 Å². The standard InChI is InChI=1S/C21H25N3O4/c1-23(13-15-7-5-4-6-8-15)21(26)22-16-11-20(25)24(14-16)17-9-10-18(27-2)19(12-17)28-3/h4-10,12,16H,11,13-14H2,1-3H3,(H,22,26). The number of rotatable bonds is 6. The van der Waals surface area contributed by atoms with Crippen LogP contribution >= 0.6 is 0 Å². The summed E-state index contributed by atoms with van der Waals surface area (Å²) in [7, 11) is 4.86. The van der Waals surface area contributed by atoms with Gasteiger partial charge in [-0.25, -0.2) is 4.79 Å². The molecule has 148 valence electrons. The van der Waals surface area contributed by atoms with Crippen LogP contribution < -0.4 is 19.7 Å². The van der Waals surface area contributed by atoms with E-state index in [-0.39, 0.29) is 24.4 Å². The van der Waals surface area contributed by atoms with E-state index in [1.807, 2.05) is 36.4 Å². The SMILES string of the molecule is COc1ccc(N2CC(NC(=O)N(C)Cc3ccccc3)CC2=O)cc1OC. The van der Waals surface area contributed by atoms with Crippen molar-refractivity contribution < 1.29 is 19.1 Å². The van der Waals surface area contributed by atoms with Gasteiger partial charge in [0, 0.05) is 38.3 Å². The molecule has 2 aromatic carbocycles. The molecular formula is C21H25N3O4. The topological polar surface area (TPSA) is 71.1 Å². The molecule has 1 saturated heterocycles. The second kappa shape index (κ2) is 8.65. The molecule has 2 aromatic rings. The van der Waals surface area contributed by atoms with Gasteiger partial charge in [0.2, 0.25) is 5.91 Å². The molecule has 0 spiro atoms. The van der Waals surface area contributed by atoms with Gasteiger partial charge < -0.3 is 24.6 Å². The molecule has 1 aliphatic heterocycles. The summed E-state index contributed by atoms with van der Waals surface area (Å²) in [6.07, 6.45) is 0.263. The molecule has 7 heteroatoms. The zero-order valence-electron chi connectivity index (χ0n) is 16.3. The van der Waals surface area contributed by atoms with E-state index in [0.29, 0.717) is 24.6 Å². The highest BCUT2D eigenvalue weighted by molar-refractivity contribution is 5.97. The quantitative estimate of drug-likeness (QED) is 0.833. The minimum absolute atomic E-state index is 0.0387. The maximum absolute atomic E-state index is 12.5. The number of carbonyl (C=O) groups is 2. The Bertz CT molecular complexity index is 841. The Hall–Kier alpha value is -3.22. The summed E-state index contributed by atoms with van der Waals surface area (Å²) >= 11 is 0. The maximum Gasteiger partial charge on any atom is 0.317 e. The van der Waals surface area contributed by atoms with Crippen molar-refractivity contribution in [2.45, 2.75) is 19.0 Å². The van der Waals surface area contributed by atoms with Crippen LogP contribution in [0.25, 0.3) is 0 Å². The van der Waals surface area contributed by atoms with E-state index >= 15 is 0 Å². The Morgan fingerprint density at radius 3 is 2.54 bits per heavy atom. The first-order chi connectivity index (χ1) is 13.5. The number of nitrogens with zero attached hydrogens (tertiary/aromatic N) is 2. The molecule has 1 fully saturated rings. The molecule has 3 rings (SSSR count). The first-order valence-electron chi connectivity index (χ1n) is 9.09. The zero-order valence-corrected chi connectivity index (χ0v) is 16.3. The molecule has 1 heterocycles. The van der Waals surface area contributed by atoms with Crippen LogP contribution in [0.3, 0.4) is 0 Å². The maximum atomic E-state index is 12.5.